The highest BCUT2D eigenvalue weighted by molar-refractivity contribution is 5.60. The number of nitrogens with zero attached hydrogens (tertiary/aromatic N) is 7. The van der Waals surface area contributed by atoms with E-state index in [2.05, 4.69) is 55.1 Å². The lowest BCUT2D eigenvalue weighted by Crippen LogP contribution is -2.53. The number of piperazine rings is 1. The maximum absolute atomic E-state index is 14.3. The van der Waals surface area contributed by atoms with Crippen LogP contribution >= 0.6 is 0 Å². The van der Waals surface area contributed by atoms with Gasteiger partial charge >= 0.3 is 0 Å². The Labute approximate surface area is 214 Å². The zero-order chi connectivity index (χ0) is 26.3. The van der Waals surface area contributed by atoms with Gasteiger partial charge in [0.15, 0.2) is 11.6 Å². The summed E-state index contributed by atoms with van der Waals surface area (Å²) in [6.07, 6.45) is 9.77. The van der Waals surface area contributed by atoms with Crippen molar-refractivity contribution in [1.29, 1.82) is 0 Å². The number of nitrogens with two attached hydrogens (primary N) is 1. The van der Waals surface area contributed by atoms with Gasteiger partial charge in [-0.2, -0.15) is 4.98 Å². The van der Waals surface area contributed by atoms with Gasteiger partial charge in [0.25, 0.3) is 5.56 Å². The SMILES string of the molecule is C[C@@H]1CN(C2=CCC(c3noc(C(C)(C)N)n3)C=C2)CCN1c1nc(-c2ccncc2F)cc(=O)n1C. The zero-order valence-corrected chi connectivity index (χ0v) is 21.4. The molecular weight excluding hydrogens is 475 g/mol. The van der Waals surface area contributed by atoms with Crippen molar-refractivity contribution in [1.82, 2.24) is 29.6 Å². The van der Waals surface area contributed by atoms with Crippen LogP contribution in [0.15, 0.2) is 57.8 Å². The molecule has 0 bridgehead atoms. The third kappa shape index (κ3) is 4.91. The van der Waals surface area contributed by atoms with Crippen molar-refractivity contribution in [3.63, 3.8) is 0 Å². The lowest BCUT2D eigenvalue weighted by molar-refractivity contribution is 0.285. The Morgan fingerprint density at radius 1 is 1.24 bits per heavy atom. The van der Waals surface area contributed by atoms with Gasteiger partial charge in [-0.1, -0.05) is 17.3 Å². The third-order valence-electron chi connectivity index (χ3n) is 6.81. The van der Waals surface area contributed by atoms with Crippen LogP contribution in [0.1, 0.15) is 44.8 Å². The fourth-order valence-corrected chi connectivity index (χ4v) is 4.68. The molecule has 1 aliphatic carbocycles. The summed E-state index contributed by atoms with van der Waals surface area (Å²) in [6.45, 7) is 7.93. The van der Waals surface area contributed by atoms with E-state index in [9.17, 15) is 9.18 Å². The number of pyridine rings is 1. The molecular formula is C26H31FN8O2. The number of allylic oxidation sites excluding steroid dienone is 3. The Morgan fingerprint density at radius 2 is 2.05 bits per heavy atom. The highest BCUT2D eigenvalue weighted by Gasteiger charge is 2.30. The van der Waals surface area contributed by atoms with Crippen LogP contribution < -0.4 is 16.2 Å². The summed E-state index contributed by atoms with van der Waals surface area (Å²) >= 11 is 0. The minimum absolute atomic E-state index is 0.0392. The first-order valence-corrected chi connectivity index (χ1v) is 12.3. The van der Waals surface area contributed by atoms with E-state index in [1.54, 1.807) is 7.05 Å². The smallest absolute Gasteiger partial charge is 0.255 e. The number of halogens is 1. The number of hydrogen-bond acceptors (Lipinski definition) is 9. The lowest BCUT2D eigenvalue weighted by Gasteiger charge is -2.42. The molecule has 10 nitrogen and oxygen atoms in total. The second kappa shape index (κ2) is 9.55. The first kappa shape index (κ1) is 24.8. The van der Waals surface area contributed by atoms with E-state index in [0.29, 0.717) is 29.9 Å². The Hall–Kier alpha value is -3.86. The molecule has 0 spiro atoms. The van der Waals surface area contributed by atoms with Gasteiger partial charge in [0.2, 0.25) is 11.8 Å². The summed E-state index contributed by atoms with van der Waals surface area (Å²) < 4.78 is 21.2. The molecule has 0 amide bonds. The molecule has 1 unspecified atom stereocenters. The normalized spacial score (nSPS) is 20.3. The fourth-order valence-electron chi connectivity index (χ4n) is 4.68. The van der Waals surface area contributed by atoms with Gasteiger partial charge in [0.1, 0.15) is 0 Å². The molecule has 11 heteroatoms. The number of anilines is 1. The van der Waals surface area contributed by atoms with Gasteiger partial charge < -0.3 is 20.1 Å². The molecule has 37 heavy (non-hydrogen) atoms. The average Bonchev–Trinajstić information content (AvgIpc) is 3.38. The van der Waals surface area contributed by atoms with Crippen LogP contribution in [0.2, 0.25) is 0 Å². The third-order valence-corrected chi connectivity index (χ3v) is 6.81. The Bertz CT molecular complexity index is 1420. The molecule has 2 aliphatic rings. The van der Waals surface area contributed by atoms with E-state index in [1.807, 2.05) is 13.8 Å². The highest BCUT2D eigenvalue weighted by atomic mass is 19.1. The van der Waals surface area contributed by atoms with Crippen LogP contribution in [0, 0.1) is 5.82 Å². The standard InChI is InChI=1S/C26H31FN8O2/c1-16-15-34(18-7-5-17(6-8-18)23-31-24(37-32-23)26(2,3)28)11-12-35(16)25-30-21(13-22(36)33(25)4)19-9-10-29-14-20(19)27/h5,7-10,13-14,16-17H,6,11-12,15,28H2,1-4H3/t16-,17?/m1/s1. The summed E-state index contributed by atoms with van der Waals surface area (Å²) in [5.41, 5.74) is 6.86. The van der Waals surface area contributed by atoms with Crippen LogP contribution in [-0.4, -0.2) is 55.3 Å². The Morgan fingerprint density at radius 3 is 2.70 bits per heavy atom. The van der Waals surface area contributed by atoms with Crippen molar-refractivity contribution in [2.75, 3.05) is 24.5 Å². The summed E-state index contributed by atoms with van der Waals surface area (Å²) in [5, 5.41) is 4.12. The monoisotopic (exact) mass is 506 g/mol. The molecule has 0 radical (unpaired) electrons. The van der Waals surface area contributed by atoms with Crippen LogP contribution in [0.25, 0.3) is 11.3 Å². The van der Waals surface area contributed by atoms with Crippen LogP contribution in [-0.2, 0) is 12.6 Å². The van der Waals surface area contributed by atoms with Gasteiger partial charge in [-0.15, -0.1) is 0 Å². The van der Waals surface area contributed by atoms with Crippen LogP contribution in [0.4, 0.5) is 10.3 Å². The van der Waals surface area contributed by atoms with E-state index in [4.69, 9.17) is 10.3 Å². The Kier molecular flexibility index (Phi) is 6.40. The molecule has 0 aromatic carbocycles. The van der Waals surface area contributed by atoms with Gasteiger partial charge in [0.05, 0.1) is 17.4 Å². The van der Waals surface area contributed by atoms with E-state index in [1.165, 1.54) is 22.9 Å². The molecule has 194 valence electrons. The largest absolute Gasteiger partial charge is 0.368 e. The van der Waals surface area contributed by atoms with Gasteiger partial charge in [-0.25, -0.2) is 9.37 Å². The van der Waals surface area contributed by atoms with Crippen molar-refractivity contribution < 1.29 is 8.91 Å². The van der Waals surface area contributed by atoms with E-state index in [0.717, 1.165) is 31.4 Å². The topological polar surface area (TPSA) is 119 Å². The maximum atomic E-state index is 14.3. The molecule has 1 saturated heterocycles. The van der Waals surface area contributed by atoms with E-state index < -0.39 is 11.4 Å². The lowest BCUT2D eigenvalue weighted by atomic mass is 9.97. The maximum Gasteiger partial charge on any atom is 0.255 e. The zero-order valence-electron chi connectivity index (χ0n) is 21.4. The predicted octanol–water partition coefficient (Wildman–Crippen LogP) is 2.70. The van der Waals surface area contributed by atoms with Crippen molar-refractivity contribution in [2.45, 2.75) is 44.7 Å². The quantitative estimate of drug-likeness (QED) is 0.557. The molecule has 1 aliphatic heterocycles. The highest BCUT2D eigenvalue weighted by Crippen LogP contribution is 2.29. The molecule has 5 rings (SSSR count). The molecule has 3 aromatic heterocycles. The summed E-state index contributed by atoms with van der Waals surface area (Å²) in [4.78, 5) is 30.1. The summed E-state index contributed by atoms with van der Waals surface area (Å²) in [6, 6.07) is 2.96. The van der Waals surface area contributed by atoms with Crippen molar-refractivity contribution in [3.8, 4) is 11.3 Å². The second-order valence-electron chi connectivity index (χ2n) is 10.2. The number of rotatable bonds is 5. The molecule has 4 heterocycles. The first-order chi connectivity index (χ1) is 17.6. The Balaban J connectivity index is 1.30. The summed E-state index contributed by atoms with van der Waals surface area (Å²) in [7, 11) is 1.69. The van der Waals surface area contributed by atoms with Crippen LogP contribution in [0.3, 0.4) is 0 Å². The number of aromatic nitrogens is 5. The average molecular weight is 507 g/mol. The van der Waals surface area contributed by atoms with Crippen LogP contribution in [0.5, 0.6) is 0 Å². The van der Waals surface area contributed by atoms with Gasteiger partial charge in [-0.3, -0.25) is 14.3 Å². The van der Waals surface area contributed by atoms with Gasteiger partial charge in [-0.05, 0) is 39.3 Å². The molecule has 0 saturated carbocycles. The van der Waals surface area contributed by atoms with E-state index >= 15 is 0 Å². The van der Waals surface area contributed by atoms with Crippen molar-refractivity contribution >= 4 is 5.95 Å². The molecule has 2 N–H and O–H groups in total. The fraction of sp³-hybridized carbons (Fsp3) is 0.423. The molecule has 1 fully saturated rings. The minimum Gasteiger partial charge on any atom is -0.368 e. The first-order valence-electron chi connectivity index (χ1n) is 12.3. The van der Waals surface area contributed by atoms with Crippen molar-refractivity contribution in [2.24, 2.45) is 12.8 Å². The second-order valence-corrected chi connectivity index (χ2v) is 10.2. The number of hydrogen-bond donors (Lipinski definition) is 1. The summed E-state index contributed by atoms with van der Waals surface area (Å²) in [5.74, 6) is 1.11. The minimum atomic E-state index is -0.676. The van der Waals surface area contributed by atoms with Crippen molar-refractivity contribution in [3.05, 3.63) is 76.3 Å². The molecule has 2 atom stereocenters. The molecule has 3 aromatic rings. The predicted molar refractivity (Wildman–Crippen MR) is 137 cm³/mol. The van der Waals surface area contributed by atoms with E-state index in [-0.39, 0.29) is 23.1 Å². The van der Waals surface area contributed by atoms with Gasteiger partial charge in [0, 0.05) is 62.2 Å².